The average molecular weight is 824 g/mol. The van der Waals surface area contributed by atoms with Gasteiger partial charge in [0.2, 0.25) is 17.7 Å². The average Bonchev–Trinajstić information content (AvgIpc) is 3.72. The van der Waals surface area contributed by atoms with Gasteiger partial charge in [-0.05, 0) is 60.0 Å². The van der Waals surface area contributed by atoms with E-state index in [0.29, 0.717) is 48.2 Å². The summed E-state index contributed by atoms with van der Waals surface area (Å²) in [5.74, 6) is -3.03. The fourth-order valence-electron chi connectivity index (χ4n) is 9.69. The van der Waals surface area contributed by atoms with E-state index in [1.165, 1.54) is 12.1 Å². The van der Waals surface area contributed by atoms with Crippen molar-refractivity contribution in [2.75, 3.05) is 37.6 Å². The number of piperazine rings is 1. The number of fused-ring (bicyclic) bond motifs is 2. The zero-order valence-corrected chi connectivity index (χ0v) is 33.8. The fraction of sp³-hybridized carbons (Fsp3) is 0.419. The molecule has 0 radical (unpaired) electrons. The summed E-state index contributed by atoms with van der Waals surface area (Å²) in [4.78, 5) is 84.1. The number of carbonyl (C=O) groups is 6. The topological polar surface area (TPSA) is 172 Å². The van der Waals surface area contributed by atoms with E-state index in [1.807, 2.05) is 43.6 Å². The fourth-order valence-corrected chi connectivity index (χ4v) is 9.90. The molecule has 8 rings (SSSR count). The van der Waals surface area contributed by atoms with Crippen LogP contribution in [0.15, 0.2) is 48.5 Å². The first kappa shape index (κ1) is 40.0. The minimum absolute atomic E-state index is 0.0382. The van der Waals surface area contributed by atoms with Gasteiger partial charge in [0.25, 0.3) is 17.7 Å². The summed E-state index contributed by atoms with van der Waals surface area (Å²) in [5, 5.41) is 14.7. The van der Waals surface area contributed by atoms with Crippen LogP contribution in [0.4, 0.5) is 10.1 Å². The second kappa shape index (κ2) is 14.8. The van der Waals surface area contributed by atoms with Gasteiger partial charge in [-0.1, -0.05) is 39.3 Å². The molecule has 0 spiro atoms. The summed E-state index contributed by atoms with van der Waals surface area (Å²) in [6.45, 7) is 10.8. The van der Waals surface area contributed by atoms with Crippen molar-refractivity contribution >= 4 is 52.7 Å². The second-order valence-electron chi connectivity index (χ2n) is 17.1. The van der Waals surface area contributed by atoms with Crippen molar-refractivity contribution in [3.8, 4) is 11.8 Å². The van der Waals surface area contributed by atoms with Crippen LogP contribution in [-0.2, 0) is 27.5 Å². The number of hydrogen-bond acceptors (Lipinski definition) is 10. The molecule has 1 unspecified atom stereocenters. The quantitative estimate of drug-likeness (QED) is 0.316. The molecule has 16 heteroatoms. The molecule has 59 heavy (non-hydrogen) atoms. The Morgan fingerprint density at radius 1 is 0.932 bits per heavy atom. The van der Waals surface area contributed by atoms with Crippen molar-refractivity contribution in [2.45, 2.75) is 71.8 Å². The van der Waals surface area contributed by atoms with Gasteiger partial charge in [0.1, 0.15) is 29.8 Å². The van der Waals surface area contributed by atoms with Crippen molar-refractivity contribution in [3.05, 3.63) is 92.8 Å². The largest absolute Gasteiger partial charge is 0.489 e. The molecule has 14 nitrogen and oxygen atoms in total. The number of hydrogen-bond donors (Lipinski definition) is 2. The lowest BCUT2D eigenvalue weighted by Crippen LogP contribution is -2.74. The maximum atomic E-state index is 15.6. The second-order valence-corrected chi connectivity index (χ2v) is 17.5. The summed E-state index contributed by atoms with van der Waals surface area (Å²) in [7, 11) is 0. The Bertz CT molecular complexity index is 2330. The number of carbonyl (C=O) groups excluding carboxylic acids is 6. The van der Waals surface area contributed by atoms with E-state index in [2.05, 4.69) is 10.6 Å². The molecule has 0 bridgehead atoms. The third kappa shape index (κ3) is 6.97. The van der Waals surface area contributed by atoms with Gasteiger partial charge >= 0.3 is 0 Å². The Balaban J connectivity index is 0.830. The highest BCUT2D eigenvalue weighted by Crippen LogP contribution is 2.55. The molecule has 3 aromatic carbocycles. The molecule has 1 saturated carbocycles. The third-order valence-electron chi connectivity index (χ3n) is 12.6. The molecule has 306 valence electrons. The number of rotatable bonds is 8. The number of amides is 6. The highest BCUT2D eigenvalue weighted by Gasteiger charge is 2.64. The van der Waals surface area contributed by atoms with Crippen LogP contribution >= 0.6 is 11.6 Å². The number of halogens is 2. The van der Waals surface area contributed by atoms with Crippen LogP contribution in [0.1, 0.15) is 88.3 Å². The maximum Gasteiger partial charge on any atom is 0.262 e. The highest BCUT2D eigenvalue weighted by atomic mass is 35.5. The van der Waals surface area contributed by atoms with Crippen LogP contribution in [0.2, 0.25) is 5.02 Å². The molecule has 4 heterocycles. The lowest BCUT2D eigenvalue weighted by Gasteiger charge is -2.63. The molecule has 2 saturated heterocycles. The summed E-state index contributed by atoms with van der Waals surface area (Å²) in [6, 6.07) is 13.4. The molecule has 1 aliphatic carbocycles. The third-order valence-corrected chi connectivity index (χ3v) is 12.9. The molecule has 6 amide bonds. The summed E-state index contributed by atoms with van der Waals surface area (Å²) in [6.07, 6.45) is -0.194. The molecule has 1 atom stereocenters. The van der Waals surface area contributed by atoms with Gasteiger partial charge in [0, 0.05) is 74.3 Å². The lowest BCUT2D eigenvalue weighted by molar-refractivity contribution is -0.164. The first-order valence-corrected chi connectivity index (χ1v) is 19.9. The van der Waals surface area contributed by atoms with E-state index in [9.17, 15) is 34.0 Å². The standard InChI is InChI=1S/C43H43ClFN7O7/c1-42(2)40(43(3,4)41(42)59-27-7-5-23(19-46)31(44)18-27)48-36(55)28-8-6-26(17-32(28)45)50-13-11-49(12-14-50)22-35(54)51-20-24-15-29-30(16-25(24)21-51)39(58)52(38(29)57)33-9-10-34(53)47-37(33)56/h5-8,15-18,33,40-41H,9-14,20-22H2,1-4H3,(H,48,55)(H,47,53,56)/t33?,40-,41-. The highest BCUT2D eigenvalue weighted by molar-refractivity contribution is 6.31. The van der Waals surface area contributed by atoms with Gasteiger partial charge in [-0.15, -0.1) is 0 Å². The van der Waals surface area contributed by atoms with E-state index in [0.717, 1.165) is 16.0 Å². The van der Waals surface area contributed by atoms with Crippen LogP contribution in [-0.4, -0.2) is 101 Å². The summed E-state index contributed by atoms with van der Waals surface area (Å²) in [5.41, 5.74) is 1.78. The Morgan fingerprint density at radius 2 is 1.58 bits per heavy atom. The zero-order valence-electron chi connectivity index (χ0n) is 33.1. The van der Waals surface area contributed by atoms with Gasteiger partial charge in [0.05, 0.1) is 33.8 Å². The van der Waals surface area contributed by atoms with Crippen molar-refractivity contribution in [3.63, 3.8) is 0 Å². The molecule has 5 aliphatic rings. The van der Waals surface area contributed by atoms with Crippen molar-refractivity contribution in [2.24, 2.45) is 10.8 Å². The molecule has 2 N–H and O–H groups in total. The number of anilines is 1. The van der Waals surface area contributed by atoms with E-state index < -0.39 is 52.2 Å². The molecule has 3 fully saturated rings. The predicted molar refractivity (Wildman–Crippen MR) is 212 cm³/mol. The van der Waals surface area contributed by atoms with Gasteiger partial charge in [0.15, 0.2) is 0 Å². The number of nitriles is 1. The number of nitrogens with zero attached hydrogens (tertiary/aromatic N) is 5. The smallest absolute Gasteiger partial charge is 0.262 e. The van der Waals surface area contributed by atoms with Crippen molar-refractivity contribution in [1.82, 2.24) is 25.3 Å². The van der Waals surface area contributed by atoms with Crippen LogP contribution < -0.4 is 20.3 Å². The minimum Gasteiger partial charge on any atom is -0.489 e. The van der Waals surface area contributed by atoms with E-state index in [-0.39, 0.29) is 67.2 Å². The first-order chi connectivity index (χ1) is 28.0. The molecular weight excluding hydrogens is 781 g/mol. The Kier molecular flexibility index (Phi) is 9.99. The lowest BCUT2D eigenvalue weighted by atomic mass is 9.49. The van der Waals surface area contributed by atoms with Crippen molar-refractivity contribution < 1.29 is 37.9 Å². The van der Waals surface area contributed by atoms with E-state index in [4.69, 9.17) is 16.3 Å². The normalized spacial score (nSPS) is 23.3. The number of ether oxygens (including phenoxy) is 1. The Morgan fingerprint density at radius 3 is 2.15 bits per heavy atom. The van der Waals surface area contributed by atoms with E-state index >= 15 is 4.39 Å². The van der Waals surface area contributed by atoms with Crippen LogP contribution in [0.5, 0.6) is 5.75 Å². The molecule has 4 aliphatic heterocycles. The number of piperidine rings is 1. The van der Waals surface area contributed by atoms with Crippen LogP contribution in [0.25, 0.3) is 0 Å². The molecule has 3 aromatic rings. The molecular formula is C43H43ClFN7O7. The number of nitrogens with one attached hydrogen (secondary N) is 2. The first-order valence-electron chi connectivity index (χ1n) is 19.6. The Labute approximate surface area is 345 Å². The maximum absolute atomic E-state index is 15.6. The van der Waals surface area contributed by atoms with Crippen molar-refractivity contribution in [1.29, 1.82) is 5.26 Å². The van der Waals surface area contributed by atoms with E-state index in [1.54, 1.807) is 41.3 Å². The molecule has 0 aromatic heterocycles. The van der Waals surface area contributed by atoms with Gasteiger partial charge in [-0.25, -0.2) is 4.39 Å². The number of imide groups is 2. The summed E-state index contributed by atoms with van der Waals surface area (Å²) >= 11 is 6.22. The van der Waals surface area contributed by atoms with Crippen LogP contribution in [0, 0.1) is 28.0 Å². The zero-order chi connectivity index (χ0) is 42.1. The van der Waals surface area contributed by atoms with Gasteiger partial charge in [-0.2, -0.15) is 5.26 Å². The van der Waals surface area contributed by atoms with Gasteiger partial charge < -0.3 is 19.9 Å². The van der Waals surface area contributed by atoms with Crippen LogP contribution in [0.3, 0.4) is 0 Å². The van der Waals surface area contributed by atoms with Gasteiger partial charge in [-0.3, -0.25) is 43.9 Å². The minimum atomic E-state index is -1.05. The predicted octanol–water partition coefficient (Wildman–Crippen LogP) is 4.03. The monoisotopic (exact) mass is 823 g/mol. The Hall–Kier alpha value is -5.85. The summed E-state index contributed by atoms with van der Waals surface area (Å²) < 4.78 is 21.9. The number of benzene rings is 3. The SMILES string of the molecule is CC1(C)[C@H](NC(=O)c2ccc(N3CCN(CC(=O)N4Cc5cc6c(cc5C4)C(=O)N(C4CCC(=O)NC4=O)C6=O)CC3)cc2F)C(C)(C)[C@H]1Oc1ccc(C#N)c(Cl)c1.